The number of carbonyl (C=O) groups excluding carboxylic acids is 1. The summed E-state index contributed by atoms with van der Waals surface area (Å²) in [5, 5.41) is 0. The number of rotatable bonds is 4. The van der Waals surface area contributed by atoms with E-state index in [1.165, 1.54) is 38.5 Å². The molecule has 0 amide bonds. The third-order valence-electron chi connectivity index (χ3n) is 5.55. The van der Waals surface area contributed by atoms with Crippen LogP contribution in [0.4, 0.5) is 0 Å². The van der Waals surface area contributed by atoms with Gasteiger partial charge in [-0.25, -0.2) is 0 Å². The van der Waals surface area contributed by atoms with Gasteiger partial charge in [0.15, 0.2) is 0 Å². The molecule has 1 aliphatic heterocycles. The number of hydrogen-bond acceptors (Lipinski definition) is 3. The highest BCUT2D eigenvalue weighted by Crippen LogP contribution is 2.41. The van der Waals surface area contributed by atoms with Crippen LogP contribution in [0, 0.1) is 11.8 Å². The smallest absolute Gasteiger partial charge is 0.309 e. The molecule has 3 aliphatic rings. The van der Waals surface area contributed by atoms with Crippen molar-refractivity contribution in [2.45, 2.75) is 70.4 Å². The van der Waals surface area contributed by atoms with Gasteiger partial charge in [-0.15, -0.1) is 0 Å². The molecule has 108 valence electrons. The summed E-state index contributed by atoms with van der Waals surface area (Å²) in [5.41, 5.74) is 0. The van der Waals surface area contributed by atoms with Gasteiger partial charge in [-0.2, -0.15) is 0 Å². The fourth-order valence-corrected chi connectivity index (χ4v) is 3.95. The summed E-state index contributed by atoms with van der Waals surface area (Å²) in [6.07, 6.45) is 10.4. The second-order valence-corrected chi connectivity index (χ2v) is 6.55. The Morgan fingerprint density at radius 1 is 1.16 bits per heavy atom. The van der Waals surface area contributed by atoms with Crippen molar-refractivity contribution in [3.8, 4) is 0 Å². The first-order valence-electron chi connectivity index (χ1n) is 8.22. The monoisotopic (exact) mass is 265 g/mol. The van der Waals surface area contributed by atoms with E-state index in [2.05, 4.69) is 4.90 Å². The Hall–Kier alpha value is -0.570. The largest absolute Gasteiger partial charge is 0.466 e. The molecule has 3 nitrogen and oxygen atoms in total. The zero-order valence-electron chi connectivity index (χ0n) is 12.1. The van der Waals surface area contributed by atoms with Crippen LogP contribution in [-0.4, -0.2) is 36.1 Å². The highest BCUT2D eigenvalue weighted by atomic mass is 16.5. The number of hydrogen-bond donors (Lipinski definition) is 0. The van der Waals surface area contributed by atoms with E-state index in [4.69, 9.17) is 4.74 Å². The van der Waals surface area contributed by atoms with E-state index in [1.54, 1.807) is 0 Å². The third-order valence-corrected chi connectivity index (χ3v) is 5.55. The maximum absolute atomic E-state index is 12.0. The normalized spacial score (nSPS) is 33.5. The van der Waals surface area contributed by atoms with Crippen molar-refractivity contribution < 1.29 is 9.53 Å². The van der Waals surface area contributed by atoms with Gasteiger partial charge in [0, 0.05) is 12.1 Å². The summed E-state index contributed by atoms with van der Waals surface area (Å²) < 4.78 is 5.24. The number of nitrogens with zero attached hydrogens (tertiary/aromatic N) is 1. The summed E-state index contributed by atoms with van der Waals surface area (Å²) in [5.74, 6) is 1.08. The van der Waals surface area contributed by atoms with Crippen LogP contribution in [0.3, 0.4) is 0 Å². The number of esters is 1. The van der Waals surface area contributed by atoms with Crippen LogP contribution in [0.5, 0.6) is 0 Å². The summed E-state index contributed by atoms with van der Waals surface area (Å²) in [4.78, 5) is 14.7. The van der Waals surface area contributed by atoms with Gasteiger partial charge < -0.3 is 4.74 Å². The number of carbonyl (C=O) groups is 1. The van der Waals surface area contributed by atoms with E-state index in [-0.39, 0.29) is 11.9 Å². The first-order chi connectivity index (χ1) is 9.29. The van der Waals surface area contributed by atoms with Gasteiger partial charge in [0.05, 0.1) is 12.5 Å². The molecule has 3 rings (SSSR count). The lowest BCUT2D eigenvalue weighted by molar-refractivity contribution is -0.152. The number of likely N-dealkylation sites (tertiary alicyclic amines) is 1. The Labute approximate surface area is 116 Å². The Bertz CT molecular complexity index is 323. The molecule has 2 aliphatic carbocycles. The summed E-state index contributed by atoms with van der Waals surface area (Å²) in [7, 11) is 0. The quantitative estimate of drug-likeness (QED) is 0.732. The molecule has 0 spiro atoms. The first-order valence-corrected chi connectivity index (χ1v) is 8.22. The van der Waals surface area contributed by atoms with Gasteiger partial charge in [0.25, 0.3) is 0 Å². The van der Waals surface area contributed by atoms with Crippen LogP contribution in [0.15, 0.2) is 0 Å². The average molecular weight is 265 g/mol. The van der Waals surface area contributed by atoms with Crippen LogP contribution in [0.25, 0.3) is 0 Å². The lowest BCUT2D eigenvalue weighted by Gasteiger charge is -2.51. The van der Waals surface area contributed by atoms with Crippen molar-refractivity contribution in [2.24, 2.45) is 11.8 Å². The van der Waals surface area contributed by atoms with Crippen molar-refractivity contribution in [1.29, 1.82) is 0 Å². The van der Waals surface area contributed by atoms with Crippen molar-refractivity contribution in [1.82, 2.24) is 4.90 Å². The molecule has 0 radical (unpaired) electrons. The molecule has 0 aromatic heterocycles. The minimum Gasteiger partial charge on any atom is -0.466 e. The van der Waals surface area contributed by atoms with Crippen LogP contribution >= 0.6 is 0 Å². The molecule has 0 aromatic carbocycles. The van der Waals surface area contributed by atoms with Crippen molar-refractivity contribution in [2.75, 3.05) is 13.2 Å². The van der Waals surface area contributed by atoms with Gasteiger partial charge >= 0.3 is 5.97 Å². The lowest BCUT2D eigenvalue weighted by atomic mass is 9.72. The van der Waals surface area contributed by atoms with E-state index in [9.17, 15) is 4.79 Å². The molecular formula is C16H27NO2. The van der Waals surface area contributed by atoms with Gasteiger partial charge in [0.1, 0.15) is 0 Å². The summed E-state index contributed by atoms with van der Waals surface area (Å²) in [6, 6.07) is 1.50. The van der Waals surface area contributed by atoms with Crippen LogP contribution in [0.2, 0.25) is 0 Å². The molecule has 3 fully saturated rings. The lowest BCUT2D eigenvalue weighted by Crippen LogP contribution is -2.55. The predicted octanol–water partition coefficient (Wildman–Crippen LogP) is 2.98. The van der Waals surface area contributed by atoms with E-state index in [1.807, 2.05) is 6.92 Å². The minimum atomic E-state index is 0.0556. The predicted molar refractivity (Wildman–Crippen MR) is 74.8 cm³/mol. The Morgan fingerprint density at radius 3 is 2.42 bits per heavy atom. The summed E-state index contributed by atoms with van der Waals surface area (Å²) in [6.45, 7) is 3.55. The highest BCUT2D eigenvalue weighted by molar-refractivity contribution is 5.72. The van der Waals surface area contributed by atoms with Crippen LogP contribution < -0.4 is 0 Å². The summed E-state index contributed by atoms with van der Waals surface area (Å²) >= 11 is 0. The standard InChI is InChI=1S/C16H27NO2/c1-2-19-16(18)13-9-10-17(14-7-4-8-14)15(11-13)12-5-3-6-12/h12-15H,2-11H2,1H3. The van der Waals surface area contributed by atoms with E-state index in [0.29, 0.717) is 12.6 Å². The third kappa shape index (κ3) is 2.67. The average Bonchev–Trinajstić information content (AvgIpc) is 2.27. The Kier molecular flexibility index (Phi) is 4.11. The van der Waals surface area contributed by atoms with E-state index < -0.39 is 0 Å². The molecule has 1 heterocycles. The minimum absolute atomic E-state index is 0.0556. The van der Waals surface area contributed by atoms with Crippen LogP contribution in [-0.2, 0) is 9.53 Å². The van der Waals surface area contributed by atoms with Crippen molar-refractivity contribution in [3.63, 3.8) is 0 Å². The second-order valence-electron chi connectivity index (χ2n) is 6.55. The van der Waals surface area contributed by atoms with E-state index >= 15 is 0 Å². The SMILES string of the molecule is CCOC(=O)C1CCN(C2CCC2)C(C2CCC2)C1. The van der Waals surface area contributed by atoms with Crippen molar-refractivity contribution in [3.05, 3.63) is 0 Å². The van der Waals surface area contributed by atoms with E-state index in [0.717, 1.165) is 31.3 Å². The second kappa shape index (κ2) is 5.82. The molecule has 2 unspecified atom stereocenters. The molecule has 3 heteroatoms. The van der Waals surface area contributed by atoms with Crippen LogP contribution in [0.1, 0.15) is 58.3 Å². The fourth-order valence-electron chi connectivity index (χ4n) is 3.95. The number of ether oxygens (including phenoxy) is 1. The maximum Gasteiger partial charge on any atom is 0.309 e. The highest BCUT2D eigenvalue weighted by Gasteiger charge is 2.42. The fraction of sp³-hybridized carbons (Fsp3) is 0.938. The zero-order chi connectivity index (χ0) is 13.2. The molecular weight excluding hydrogens is 238 g/mol. The Morgan fingerprint density at radius 2 is 1.89 bits per heavy atom. The molecule has 2 saturated carbocycles. The molecule has 0 bridgehead atoms. The molecule has 19 heavy (non-hydrogen) atoms. The molecule has 0 aromatic rings. The number of piperidine rings is 1. The first kappa shape index (κ1) is 13.4. The zero-order valence-corrected chi connectivity index (χ0v) is 12.1. The van der Waals surface area contributed by atoms with Gasteiger partial charge in [-0.1, -0.05) is 12.8 Å². The van der Waals surface area contributed by atoms with Crippen molar-refractivity contribution >= 4 is 5.97 Å². The molecule has 0 N–H and O–H groups in total. The topological polar surface area (TPSA) is 29.5 Å². The molecule has 2 atom stereocenters. The van der Waals surface area contributed by atoms with Gasteiger partial charge in [-0.3, -0.25) is 9.69 Å². The maximum atomic E-state index is 12.0. The van der Waals surface area contributed by atoms with Gasteiger partial charge in [-0.05, 0) is 57.9 Å². The van der Waals surface area contributed by atoms with Gasteiger partial charge in [0.2, 0.25) is 0 Å². The Balaban J connectivity index is 1.63. The molecule has 1 saturated heterocycles.